The van der Waals surface area contributed by atoms with Gasteiger partial charge in [0.05, 0.1) is 0 Å². The molecule has 0 nitrogen and oxygen atoms in total. The summed E-state index contributed by atoms with van der Waals surface area (Å²) < 4.78 is 0. The Kier molecular flexibility index (Phi) is 10.4. The van der Waals surface area contributed by atoms with E-state index in [1.54, 1.807) is 0 Å². The van der Waals surface area contributed by atoms with Crippen molar-refractivity contribution >= 4 is 57.0 Å². The summed E-state index contributed by atoms with van der Waals surface area (Å²) in [6.45, 7) is 25.7. The number of hydrogen-bond donors (Lipinski definition) is 0. The highest BCUT2D eigenvalue weighted by molar-refractivity contribution is 6.12. The van der Waals surface area contributed by atoms with Crippen LogP contribution in [0.3, 0.4) is 0 Å². The Labute approximate surface area is 304 Å². The molecule has 0 unspecified atom stereocenters. The van der Waals surface area contributed by atoms with Gasteiger partial charge in [-0.25, -0.2) is 0 Å². The van der Waals surface area contributed by atoms with Crippen molar-refractivity contribution in [2.45, 2.75) is 34.1 Å². The summed E-state index contributed by atoms with van der Waals surface area (Å²) in [7, 11) is 0. The van der Waals surface area contributed by atoms with Crippen LogP contribution in [0.2, 0.25) is 0 Å². The van der Waals surface area contributed by atoms with Gasteiger partial charge in [-0.3, -0.25) is 0 Å². The van der Waals surface area contributed by atoms with Crippen molar-refractivity contribution in [2.75, 3.05) is 0 Å². The fraction of sp³-hybridized carbons (Fsp3) is 0.0980. The molecule has 6 rings (SSSR count). The van der Waals surface area contributed by atoms with Gasteiger partial charge in [0, 0.05) is 0 Å². The number of hydrogen-bond acceptors (Lipinski definition) is 0. The Balaban J connectivity index is 1.49. The van der Waals surface area contributed by atoms with Gasteiger partial charge >= 0.3 is 0 Å². The lowest BCUT2D eigenvalue weighted by Gasteiger charge is -2.22. The summed E-state index contributed by atoms with van der Waals surface area (Å²) in [6, 6.07) is 37.2. The molecule has 0 amide bonds. The van der Waals surface area contributed by atoms with Crippen LogP contribution in [-0.2, 0) is 0 Å². The molecule has 0 saturated heterocycles. The molecule has 0 N–H and O–H groups in total. The standard InChI is InChI=1S/C51H46/c1-9-34(6)32-42(24-22-35(7)40-30-27-37-18-14-15-19-41(37)33-40)38-25-28-39(29-26-38)50-45(12-4)46(13-5)51(48-21-17-16-20-47(48)50)49-31-23-36(8)43(10-2)44(49)11-3/h10-33H,2-5,9H2,1,6-8H3/b34-32+,35-22+,42-24+. The third-order valence-corrected chi connectivity index (χ3v) is 10.1. The third kappa shape index (κ3) is 6.79. The second-order valence-electron chi connectivity index (χ2n) is 13.2. The summed E-state index contributed by atoms with van der Waals surface area (Å²) in [4.78, 5) is 0. The van der Waals surface area contributed by atoms with Crippen molar-refractivity contribution in [1.82, 2.24) is 0 Å². The summed E-state index contributed by atoms with van der Waals surface area (Å²) in [5, 5.41) is 4.84. The van der Waals surface area contributed by atoms with Gasteiger partial charge in [-0.15, -0.1) is 0 Å². The third-order valence-electron chi connectivity index (χ3n) is 10.1. The molecule has 0 bridgehead atoms. The molecule has 0 atom stereocenters. The lowest BCUT2D eigenvalue weighted by molar-refractivity contribution is 1.10. The Morgan fingerprint density at radius 2 is 1.16 bits per heavy atom. The van der Waals surface area contributed by atoms with Gasteiger partial charge in [0.15, 0.2) is 0 Å². The van der Waals surface area contributed by atoms with E-state index in [9.17, 15) is 0 Å². The van der Waals surface area contributed by atoms with Gasteiger partial charge in [-0.2, -0.15) is 0 Å². The van der Waals surface area contributed by atoms with Gasteiger partial charge in [-0.1, -0.05) is 178 Å². The van der Waals surface area contributed by atoms with E-state index in [-0.39, 0.29) is 0 Å². The maximum Gasteiger partial charge on any atom is -0.00204 e. The molecule has 6 aromatic carbocycles. The maximum absolute atomic E-state index is 4.32. The minimum atomic E-state index is 0.997. The first-order valence-corrected chi connectivity index (χ1v) is 17.7. The molecule has 250 valence electrons. The second-order valence-corrected chi connectivity index (χ2v) is 13.2. The Morgan fingerprint density at radius 3 is 1.80 bits per heavy atom. The first-order valence-electron chi connectivity index (χ1n) is 17.7. The zero-order valence-electron chi connectivity index (χ0n) is 30.4. The fourth-order valence-electron chi connectivity index (χ4n) is 7.13. The summed E-state index contributed by atoms with van der Waals surface area (Å²) in [6.07, 6.45) is 15.6. The van der Waals surface area contributed by atoms with Gasteiger partial charge in [0.1, 0.15) is 0 Å². The van der Waals surface area contributed by atoms with Crippen LogP contribution in [0.4, 0.5) is 0 Å². The molecule has 0 spiro atoms. The second kappa shape index (κ2) is 15.3. The van der Waals surface area contributed by atoms with E-state index in [0.717, 1.165) is 56.3 Å². The van der Waals surface area contributed by atoms with Crippen LogP contribution in [0.1, 0.15) is 66.1 Å². The van der Waals surface area contributed by atoms with Crippen molar-refractivity contribution in [1.29, 1.82) is 0 Å². The fourth-order valence-corrected chi connectivity index (χ4v) is 7.13. The van der Waals surface area contributed by atoms with Gasteiger partial charge < -0.3 is 0 Å². The average molecular weight is 659 g/mol. The molecular formula is C51H46. The average Bonchev–Trinajstić information content (AvgIpc) is 3.17. The van der Waals surface area contributed by atoms with Crippen LogP contribution in [-0.4, -0.2) is 0 Å². The van der Waals surface area contributed by atoms with Crippen molar-refractivity contribution in [3.63, 3.8) is 0 Å². The monoisotopic (exact) mass is 658 g/mol. The van der Waals surface area contributed by atoms with Crippen LogP contribution in [0.5, 0.6) is 0 Å². The van der Waals surface area contributed by atoms with E-state index in [1.807, 2.05) is 24.3 Å². The van der Waals surface area contributed by atoms with E-state index in [1.165, 1.54) is 49.6 Å². The predicted octanol–water partition coefficient (Wildman–Crippen LogP) is 15.1. The molecule has 0 aliphatic rings. The lowest BCUT2D eigenvalue weighted by atomic mass is 9.81. The maximum atomic E-state index is 4.32. The quantitative estimate of drug-likeness (QED) is 0.122. The van der Waals surface area contributed by atoms with Gasteiger partial charge in [0.2, 0.25) is 0 Å². The molecule has 0 fully saturated rings. The van der Waals surface area contributed by atoms with Crippen molar-refractivity contribution in [3.8, 4) is 22.3 Å². The molecule has 6 aromatic rings. The van der Waals surface area contributed by atoms with E-state index in [4.69, 9.17) is 0 Å². The van der Waals surface area contributed by atoms with E-state index in [0.29, 0.717) is 0 Å². The van der Waals surface area contributed by atoms with Crippen LogP contribution in [0, 0.1) is 6.92 Å². The zero-order chi connectivity index (χ0) is 36.1. The highest BCUT2D eigenvalue weighted by Crippen LogP contribution is 2.45. The lowest BCUT2D eigenvalue weighted by Crippen LogP contribution is -1.99. The van der Waals surface area contributed by atoms with Crippen LogP contribution in [0.15, 0.2) is 153 Å². The first-order chi connectivity index (χ1) is 24.8. The molecule has 0 aliphatic carbocycles. The number of allylic oxidation sites excluding steroid dienone is 6. The molecule has 0 radical (unpaired) electrons. The Bertz CT molecular complexity index is 2420. The number of aryl methyl sites for hydroxylation is 1. The highest BCUT2D eigenvalue weighted by Gasteiger charge is 2.21. The molecule has 0 saturated carbocycles. The summed E-state index contributed by atoms with van der Waals surface area (Å²) in [5.74, 6) is 0. The molecule has 51 heavy (non-hydrogen) atoms. The molecule has 0 heterocycles. The summed E-state index contributed by atoms with van der Waals surface area (Å²) >= 11 is 0. The highest BCUT2D eigenvalue weighted by atomic mass is 14.2. The van der Waals surface area contributed by atoms with Gasteiger partial charge in [-0.05, 0) is 127 Å². The number of fused-ring (bicyclic) bond motifs is 2. The smallest absolute Gasteiger partial charge is 0.00204 e. The number of benzene rings is 6. The van der Waals surface area contributed by atoms with Gasteiger partial charge in [0.25, 0.3) is 0 Å². The number of rotatable bonds is 11. The van der Waals surface area contributed by atoms with E-state index >= 15 is 0 Å². The molecule has 0 aliphatic heterocycles. The minimum absolute atomic E-state index is 0.997. The van der Waals surface area contributed by atoms with Crippen LogP contribution in [0.25, 0.3) is 79.2 Å². The molecule has 0 aromatic heterocycles. The van der Waals surface area contributed by atoms with E-state index < -0.39 is 0 Å². The van der Waals surface area contributed by atoms with Crippen molar-refractivity contribution < 1.29 is 0 Å². The predicted molar refractivity (Wildman–Crippen MR) is 230 cm³/mol. The molecule has 0 heteroatoms. The van der Waals surface area contributed by atoms with Crippen molar-refractivity contribution in [2.24, 2.45) is 0 Å². The van der Waals surface area contributed by atoms with E-state index in [2.05, 4.69) is 175 Å². The Morgan fingerprint density at radius 1 is 0.569 bits per heavy atom. The largest absolute Gasteiger partial charge is 0.0984 e. The Hall–Kier alpha value is -5.98. The van der Waals surface area contributed by atoms with Crippen LogP contribution >= 0.6 is 0 Å². The summed E-state index contributed by atoms with van der Waals surface area (Å²) in [5.41, 5.74) is 16.1. The minimum Gasteiger partial charge on any atom is -0.0984 e. The van der Waals surface area contributed by atoms with Crippen molar-refractivity contribution in [3.05, 3.63) is 192 Å². The zero-order valence-corrected chi connectivity index (χ0v) is 30.4. The molecular weight excluding hydrogens is 613 g/mol. The normalized spacial score (nSPS) is 12.3. The van der Waals surface area contributed by atoms with Crippen LogP contribution < -0.4 is 0 Å². The SMILES string of the molecule is C=Cc1c(C)ccc(-c2c(C=C)c(C=C)c(-c3ccc(C(/C=C(\C)CC)=C/C=C(\C)c4ccc5ccccc5c4)cc3)c3ccccc23)c1C=C. The topological polar surface area (TPSA) is 0 Å². The first kappa shape index (κ1) is 34.9.